The average molecular weight is 309 g/mol. The third-order valence-corrected chi connectivity index (χ3v) is 4.19. The van der Waals surface area contributed by atoms with Crippen LogP contribution in [0.1, 0.15) is 24.2 Å². The highest BCUT2D eigenvalue weighted by Gasteiger charge is 2.25. The van der Waals surface area contributed by atoms with E-state index in [9.17, 15) is 9.59 Å². The van der Waals surface area contributed by atoms with Crippen molar-refractivity contribution in [3.63, 3.8) is 0 Å². The fourth-order valence-corrected chi connectivity index (χ4v) is 3.19. The van der Waals surface area contributed by atoms with Crippen molar-refractivity contribution in [3.05, 3.63) is 29.8 Å². The number of morpholine rings is 1. The van der Waals surface area contributed by atoms with Gasteiger partial charge in [-0.15, -0.1) is 11.8 Å². The van der Waals surface area contributed by atoms with Crippen molar-refractivity contribution in [2.75, 3.05) is 18.8 Å². The molecule has 21 heavy (non-hydrogen) atoms. The van der Waals surface area contributed by atoms with E-state index in [0.717, 1.165) is 4.90 Å². The maximum Gasteiger partial charge on any atom is 0.335 e. The van der Waals surface area contributed by atoms with Gasteiger partial charge in [-0.2, -0.15) is 0 Å². The number of nitrogens with zero attached hydrogens (tertiary/aromatic N) is 1. The number of amides is 1. The molecular formula is C15H19NO4S. The second-order valence-electron chi connectivity index (χ2n) is 5.18. The van der Waals surface area contributed by atoms with Gasteiger partial charge in [0, 0.05) is 18.0 Å². The number of benzene rings is 1. The Bertz CT molecular complexity index is 524. The largest absolute Gasteiger partial charge is 0.478 e. The van der Waals surface area contributed by atoms with E-state index in [1.165, 1.54) is 11.8 Å². The van der Waals surface area contributed by atoms with Crippen LogP contribution in [0.2, 0.25) is 0 Å². The normalized spacial score (nSPS) is 22.1. The molecule has 2 atom stereocenters. The van der Waals surface area contributed by atoms with Gasteiger partial charge in [0.2, 0.25) is 5.91 Å². The lowest BCUT2D eigenvalue weighted by Gasteiger charge is -2.35. The maximum atomic E-state index is 12.2. The van der Waals surface area contributed by atoms with E-state index in [0.29, 0.717) is 18.8 Å². The number of thioether (sulfide) groups is 1. The predicted molar refractivity (Wildman–Crippen MR) is 80.7 cm³/mol. The maximum absolute atomic E-state index is 12.2. The number of carboxylic acid groups (broad SMARTS) is 1. The standard InChI is InChI=1S/C15H19NO4S/c1-10-7-16(8-11(2)20-10)14(17)9-21-13-5-3-4-12(6-13)15(18)19/h3-6,10-11H,7-9H2,1-2H3,(H,18,19). The minimum atomic E-state index is -0.959. The van der Waals surface area contributed by atoms with Gasteiger partial charge >= 0.3 is 5.97 Å². The molecule has 0 saturated carbocycles. The Morgan fingerprint density at radius 3 is 2.62 bits per heavy atom. The van der Waals surface area contributed by atoms with E-state index in [-0.39, 0.29) is 23.7 Å². The van der Waals surface area contributed by atoms with E-state index in [1.807, 2.05) is 24.8 Å². The molecule has 1 amide bonds. The molecular weight excluding hydrogens is 290 g/mol. The van der Waals surface area contributed by atoms with Gasteiger partial charge in [-0.1, -0.05) is 6.07 Å². The third-order valence-electron chi connectivity index (χ3n) is 3.22. The summed E-state index contributed by atoms with van der Waals surface area (Å²) in [6, 6.07) is 6.63. The van der Waals surface area contributed by atoms with Crippen molar-refractivity contribution in [3.8, 4) is 0 Å². The highest BCUT2D eigenvalue weighted by Crippen LogP contribution is 2.21. The molecule has 1 heterocycles. The summed E-state index contributed by atoms with van der Waals surface area (Å²) in [6.07, 6.45) is 0.107. The summed E-state index contributed by atoms with van der Waals surface area (Å²) in [7, 11) is 0. The van der Waals surface area contributed by atoms with Crippen LogP contribution in [0.3, 0.4) is 0 Å². The smallest absolute Gasteiger partial charge is 0.335 e. The lowest BCUT2D eigenvalue weighted by atomic mass is 10.2. The highest BCUT2D eigenvalue weighted by molar-refractivity contribution is 8.00. The predicted octanol–water partition coefficient (Wildman–Crippen LogP) is 2.11. The molecule has 0 aromatic heterocycles. The Morgan fingerprint density at radius 2 is 2.00 bits per heavy atom. The highest BCUT2D eigenvalue weighted by atomic mass is 32.2. The quantitative estimate of drug-likeness (QED) is 0.863. The van der Waals surface area contributed by atoms with Crippen LogP contribution >= 0.6 is 11.8 Å². The van der Waals surface area contributed by atoms with Gasteiger partial charge in [0.15, 0.2) is 0 Å². The molecule has 0 spiro atoms. The van der Waals surface area contributed by atoms with E-state index >= 15 is 0 Å². The van der Waals surface area contributed by atoms with Gasteiger partial charge in [0.05, 0.1) is 23.5 Å². The van der Waals surface area contributed by atoms with Crippen LogP contribution in [0.4, 0.5) is 0 Å². The first kappa shape index (κ1) is 15.9. The van der Waals surface area contributed by atoms with E-state index < -0.39 is 5.97 Å². The topological polar surface area (TPSA) is 66.8 Å². The molecule has 1 fully saturated rings. The lowest BCUT2D eigenvalue weighted by Crippen LogP contribution is -2.48. The Labute approximate surface area is 128 Å². The molecule has 2 rings (SSSR count). The minimum absolute atomic E-state index is 0.0537. The monoisotopic (exact) mass is 309 g/mol. The second-order valence-corrected chi connectivity index (χ2v) is 6.23. The first-order chi connectivity index (χ1) is 9.95. The Morgan fingerprint density at radius 1 is 1.33 bits per heavy atom. The molecule has 1 saturated heterocycles. The van der Waals surface area contributed by atoms with Crippen LogP contribution in [-0.2, 0) is 9.53 Å². The van der Waals surface area contributed by atoms with Crippen LogP contribution in [0.5, 0.6) is 0 Å². The van der Waals surface area contributed by atoms with Gasteiger partial charge in [-0.05, 0) is 32.0 Å². The van der Waals surface area contributed by atoms with Gasteiger partial charge < -0.3 is 14.7 Å². The van der Waals surface area contributed by atoms with Crippen molar-refractivity contribution in [1.29, 1.82) is 0 Å². The molecule has 1 aromatic carbocycles. The molecule has 114 valence electrons. The number of carbonyl (C=O) groups is 2. The number of rotatable bonds is 4. The summed E-state index contributed by atoms with van der Waals surface area (Å²) >= 11 is 1.36. The summed E-state index contributed by atoms with van der Waals surface area (Å²) in [4.78, 5) is 25.7. The van der Waals surface area contributed by atoms with Crippen LogP contribution in [0, 0.1) is 0 Å². The fraction of sp³-hybridized carbons (Fsp3) is 0.467. The van der Waals surface area contributed by atoms with Gasteiger partial charge in [0.1, 0.15) is 0 Å². The van der Waals surface area contributed by atoms with Gasteiger partial charge in [-0.25, -0.2) is 4.79 Å². The summed E-state index contributed by atoms with van der Waals surface area (Å²) in [5.41, 5.74) is 0.237. The Hall–Kier alpha value is -1.53. The second kappa shape index (κ2) is 6.95. The molecule has 0 aliphatic carbocycles. The Kier molecular flexibility index (Phi) is 5.25. The van der Waals surface area contributed by atoms with Crippen molar-refractivity contribution >= 4 is 23.6 Å². The minimum Gasteiger partial charge on any atom is -0.478 e. The molecule has 1 aromatic rings. The molecule has 6 heteroatoms. The van der Waals surface area contributed by atoms with Crippen LogP contribution < -0.4 is 0 Å². The molecule has 0 bridgehead atoms. The number of ether oxygens (including phenoxy) is 1. The average Bonchev–Trinajstić information content (AvgIpc) is 2.44. The molecule has 0 radical (unpaired) electrons. The van der Waals surface area contributed by atoms with Crippen LogP contribution in [0.25, 0.3) is 0 Å². The number of hydrogen-bond donors (Lipinski definition) is 1. The third kappa shape index (κ3) is 4.47. The fourth-order valence-electron chi connectivity index (χ4n) is 2.34. The van der Waals surface area contributed by atoms with E-state index in [2.05, 4.69) is 0 Å². The molecule has 1 aliphatic rings. The van der Waals surface area contributed by atoms with Crippen LogP contribution in [0.15, 0.2) is 29.2 Å². The SMILES string of the molecule is CC1CN(C(=O)CSc2cccc(C(=O)O)c2)CC(C)O1. The van der Waals surface area contributed by atoms with Crippen molar-refractivity contribution in [2.24, 2.45) is 0 Å². The molecule has 5 nitrogen and oxygen atoms in total. The first-order valence-corrected chi connectivity index (χ1v) is 7.83. The number of carbonyl (C=O) groups excluding carboxylic acids is 1. The van der Waals surface area contributed by atoms with Crippen LogP contribution in [-0.4, -0.2) is 52.9 Å². The molecule has 1 aliphatic heterocycles. The van der Waals surface area contributed by atoms with E-state index in [4.69, 9.17) is 9.84 Å². The number of hydrogen-bond acceptors (Lipinski definition) is 4. The summed E-state index contributed by atoms with van der Waals surface area (Å²) < 4.78 is 5.61. The molecule has 2 unspecified atom stereocenters. The van der Waals surface area contributed by atoms with Crippen molar-refractivity contribution < 1.29 is 19.4 Å². The first-order valence-electron chi connectivity index (χ1n) is 6.85. The zero-order chi connectivity index (χ0) is 15.4. The zero-order valence-electron chi connectivity index (χ0n) is 12.1. The molecule has 1 N–H and O–H groups in total. The number of aromatic carboxylic acids is 1. The number of carboxylic acids is 1. The van der Waals surface area contributed by atoms with Gasteiger partial charge in [-0.3, -0.25) is 4.79 Å². The van der Waals surface area contributed by atoms with Gasteiger partial charge in [0.25, 0.3) is 0 Å². The summed E-state index contributed by atoms with van der Waals surface area (Å²) in [6.45, 7) is 5.14. The summed E-state index contributed by atoms with van der Waals surface area (Å²) in [5, 5.41) is 8.95. The zero-order valence-corrected chi connectivity index (χ0v) is 12.9. The van der Waals surface area contributed by atoms with Crippen molar-refractivity contribution in [2.45, 2.75) is 31.0 Å². The Balaban J connectivity index is 1.92. The lowest BCUT2D eigenvalue weighted by molar-refractivity contribution is -0.140. The van der Waals surface area contributed by atoms with E-state index in [1.54, 1.807) is 18.2 Å². The van der Waals surface area contributed by atoms with Crippen molar-refractivity contribution in [1.82, 2.24) is 4.90 Å². The summed E-state index contributed by atoms with van der Waals surface area (Å²) in [5.74, 6) is -0.593.